The fraction of sp³-hybridized carbons (Fsp3) is 0.375. The lowest BCUT2D eigenvalue weighted by Gasteiger charge is -2.29. The van der Waals surface area contributed by atoms with Crippen LogP contribution in [0.5, 0.6) is 0 Å². The van der Waals surface area contributed by atoms with E-state index in [2.05, 4.69) is 4.99 Å². The number of nitrogens with zero attached hydrogens (tertiary/aromatic N) is 3. The first-order valence-electron chi connectivity index (χ1n) is 4.04. The third-order valence-electron chi connectivity index (χ3n) is 1.97. The van der Waals surface area contributed by atoms with Crippen LogP contribution in [-0.4, -0.2) is 41.0 Å². The molecule has 2 aliphatic heterocycles. The highest BCUT2D eigenvalue weighted by Gasteiger charge is 2.30. The summed E-state index contributed by atoms with van der Waals surface area (Å²) in [6, 6.07) is 0. The van der Waals surface area contributed by atoms with Crippen LogP contribution in [-0.2, 0) is 9.59 Å². The Morgan fingerprint density at radius 3 is 2.77 bits per heavy atom. The van der Waals surface area contributed by atoms with Crippen LogP contribution >= 0.6 is 0 Å². The fourth-order valence-electron chi connectivity index (χ4n) is 1.35. The van der Waals surface area contributed by atoms with Crippen molar-refractivity contribution in [2.24, 2.45) is 4.99 Å². The van der Waals surface area contributed by atoms with Gasteiger partial charge in [-0.2, -0.15) is 0 Å². The van der Waals surface area contributed by atoms with Gasteiger partial charge in [0.05, 0.1) is 13.0 Å². The van der Waals surface area contributed by atoms with E-state index in [0.29, 0.717) is 6.54 Å². The second kappa shape index (κ2) is 3.01. The second-order valence-corrected chi connectivity index (χ2v) is 2.92. The summed E-state index contributed by atoms with van der Waals surface area (Å²) >= 11 is 0. The standard InChI is InChI=1S/C8H9N3O2/c12-7-5-8(13)11(6-7)10-3-1-9-2-4-10/h1-3H,4-6H2. The predicted molar refractivity (Wildman–Crippen MR) is 45.7 cm³/mol. The maximum atomic E-state index is 11.3. The summed E-state index contributed by atoms with van der Waals surface area (Å²) in [6.45, 7) is 0.743. The van der Waals surface area contributed by atoms with Crippen LogP contribution in [0.2, 0.25) is 0 Å². The van der Waals surface area contributed by atoms with E-state index in [9.17, 15) is 9.59 Å². The topological polar surface area (TPSA) is 53.0 Å². The average Bonchev–Trinajstić information content (AvgIpc) is 2.47. The van der Waals surface area contributed by atoms with E-state index in [1.165, 1.54) is 5.01 Å². The summed E-state index contributed by atoms with van der Waals surface area (Å²) in [4.78, 5) is 26.1. The SMILES string of the molecule is O=C1CC(=O)N(N2C=CN=CC2)C1. The van der Waals surface area contributed by atoms with Crippen molar-refractivity contribution in [2.75, 3.05) is 13.1 Å². The predicted octanol–water partition coefficient (Wildman–Crippen LogP) is -0.440. The zero-order valence-corrected chi connectivity index (χ0v) is 7.01. The van der Waals surface area contributed by atoms with Gasteiger partial charge in [0.2, 0.25) is 5.91 Å². The maximum absolute atomic E-state index is 11.3. The van der Waals surface area contributed by atoms with Crippen LogP contribution < -0.4 is 0 Å². The molecular weight excluding hydrogens is 170 g/mol. The number of aliphatic imine (C=N–C) groups is 1. The van der Waals surface area contributed by atoms with Crippen molar-refractivity contribution in [1.82, 2.24) is 10.0 Å². The van der Waals surface area contributed by atoms with Gasteiger partial charge in [-0.1, -0.05) is 0 Å². The molecule has 0 unspecified atom stereocenters. The van der Waals surface area contributed by atoms with Crippen molar-refractivity contribution >= 4 is 17.9 Å². The van der Waals surface area contributed by atoms with Gasteiger partial charge in [0.25, 0.3) is 0 Å². The number of hydrogen-bond acceptors (Lipinski definition) is 4. The number of Topliss-reactive ketones (excluding diaryl/α,β-unsaturated/α-hetero) is 1. The summed E-state index contributed by atoms with van der Waals surface area (Å²) < 4.78 is 0. The van der Waals surface area contributed by atoms with E-state index < -0.39 is 0 Å². The monoisotopic (exact) mass is 179 g/mol. The molecule has 1 amide bonds. The zero-order chi connectivity index (χ0) is 9.26. The quantitative estimate of drug-likeness (QED) is 0.513. The van der Waals surface area contributed by atoms with E-state index in [1.54, 1.807) is 23.6 Å². The highest BCUT2D eigenvalue weighted by atomic mass is 16.2. The first-order chi connectivity index (χ1) is 6.27. The van der Waals surface area contributed by atoms with Crippen molar-refractivity contribution in [1.29, 1.82) is 0 Å². The molecule has 68 valence electrons. The van der Waals surface area contributed by atoms with Crippen LogP contribution in [0.1, 0.15) is 6.42 Å². The van der Waals surface area contributed by atoms with Gasteiger partial charge in [0.15, 0.2) is 5.78 Å². The highest BCUT2D eigenvalue weighted by molar-refractivity contribution is 6.05. The molecule has 2 heterocycles. The summed E-state index contributed by atoms with van der Waals surface area (Å²) in [5.41, 5.74) is 0. The number of rotatable bonds is 1. The molecule has 5 heteroatoms. The third kappa shape index (κ3) is 1.44. The van der Waals surface area contributed by atoms with E-state index >= 15 is 0 Å². The molecule has 13 heavy (non-hydrogen) atoms. The molecule has 0 spiro atoms. The molecule has 0 N–H and O–H groups in total. The Morgan fingerprint density at radius 2 is 2.23 bits per heavy atom. The van der Waals surface area contributed by atoms with Gasteiger partial charge >= 0.3 is 0 Å². The molecule has 0 bridgehead atoms. The van der Waals surface area contributed by atoms with Gasteiger partial charge in [-0.3, -0.25) is 19.6 Å². The number of carbonyl (C=O) groups is 2. The zero-order valence-electron chi connectivity index (χ0n) is 7.01. The molecule has 1 saturated heterocycles. The smallest absolute Gasteiger partial charge is 0.249 e. The van der Waals surface area contributed by atoms with Gasteiger partial charge in [-0.05, 0) is 0 Å². The van der Waals surface area contributed by atoms with Crippen LogP contribution in [0.3, 0.4) is 0 Å². The summed E-state index contributed by atoms with van der Waals surface area (Å²) in [6.07, 6.45) is 5.01. The van der Waals surface area contributed by atoms with Crippen molar-refractivity contribution in [3.63, 3.8) is 0 Å². The number of hydrogen-bond donors (Lipinski definition) is 0. The lowest BCUT2D eigenvalue weighted by atomic mass is 10.3. The molecule has 0 atom stereocenters. The van der Waals surface area contributed by atoms with Gasteiger partial charge in [0, 0.05) is 18.6 Å². The van der Waals surface area contributed by atoms with Crippen LogP contribution in [0.15, 0.2) is 17.4 Å². The average molecular weight is 179 g/mol. The van der Waals surface area contributed by atoms with E-state index in [-0.39, 0.29) is 24.7 Å². The molecular formula is C8H9N3O2. The van der Waals surface area contributed by atoms with E-state index in [1.807, 2.05) is 0 Å². The molecule has 0 aromatic rings. The van der Waals surface area contributed by atoms with Gasteiger partial charge in [0.1, 0.15) is 6.54 Å². The second-order valence-electron chi connectivity index (χ2n) is 2.92. The maximum Gasteiger partial charge on any atom is 0.249 e. The Bertz CT molecular complexity index is 309. The molecule has 0 saturated carbocycles. The van der Waals surface area contributed by atoms with Crippen molar-refractivity contribution in [3.8, 4) is 0 Å². The van der Waals surface area contributed by atoms with Crippen molar-refractivity contribution < 1.29 is 9.59 Å². The van der Waals surface area contributed by atoms with E-state index in [4.69, 9.17) is 0 Å². The minimum absolute atomic E-state index is 0.0269. The number of amides is 1. The minimum atomic E-state index is -0.134. The molecule has 2 aliphatic rings. The third-order valence-corrected chi connectivity index (χ3v) is 1.97. The Hall–Kier alpha value is -1.65. The Kier molecular flexibility index (Phi) is 1.84. The molecule has 0 aromatic heterocycles. The normalized spacial score (nSPS) is 21.8. The fourth-order valence-corrected chi connectivity index (χ4v) is 1.35. The van der Waals surface area contributed by atoms with Crippen molar-refractivity contribution in [2.45, 2.75) is 6.42 Å². The Labute approximate surface area is 75.3 Å². The summed E-state index contributed by atoms with van der Waals surface area (Å²) in [5.74, 6) is -0.161. The number of ketones is 1. The largest absolute Gasteiger partial charge is 0.297 e. The van der Waals surface area contributed by atoms with Gasteiger partial charge < -0.3 is 0 Å². The molecule has 0 aromatic carbocycles. The first kappa shape index (κ1) is 7.97. The number of hydrazine groups is 1. The van der Waals surface area contributed by atoms with Crippen LogP contribution in [0, 0.1) is 0 Å². The number of carbonyl (C=O) groups excluding carboxylic acids is 2. The summed E-state index contributed by atoms with van der Waals surface area (Å²) in [5, 5.41) is 3.14. The van der Waals surface area contributed by atoms with Crippen molar-refractivity contribution in [3.05, 3.63) is 12.4 Å². The Morgan fingerprint density at radius 1 is 1.38 bits per heavy atom. The lowest BCUT2D eigenvalue weighted by Crippen LogP contribution is -2.41. The summed E-state index contributed by atoms with van der Waals surface area (Å²) in [7, 11) is 0. The van der Waals surface area contributed by atoms with Gasteiger partial charge in [-0.25, -0.2) is 5.01 Å². The lowest BCUT2D eigenvalue weighted by molar-refractivity contribution is -0.138. The highest BCUT2D eigenvalue weighted by Crippen LogP contribution is 2.11. The first-order valence-corrected chi connectivity index (χ1v) is 4.04. The van der Waals surface area contributed by atoms with Gasteiger partial charge in [-0.15, -0.1) is 0 Å². The molecule has 0 radical (unpaired) electrons. The van der Waals surface area contributed by atoms with E-state index in [0.717, 1.165) is 0 Å². The Balaban J connectivity index is 2.09. The van der Waals surface area contributed by atoms with Crippen LogP contribution in [0.25, 0.3) is 0 Å². The molecule has 2 rings (SSSR count). The molecule has 5 nitrogen and oxygen atoms in total. The molecule has 0 aliphatic carbocycles. The molecule has 1 fully saturated rings. The minimum Gasteiger partial charge on any atom is -0.297 e. The van der Waals surface area contributed by atoms with Crippen LogP contribution in [0.4, 0.5) is 0 Å².